The molecule has 40 heavy (non-hydrogen) atoms. The molecule has 1 aliphatic carbocycles. The van der Waals surface area contributed by atoms with Crippen molar-refractivity contribution in [1.82, 2.24) is 30.3 Å². The zero-order valence-corrected chi connectivity index (χ0v) is 21.9. The predicted molar refractivity (Wildman–Crippen MR) is 134 cm³/mol. The zero-order valence-electron chi connectivity index (χ0n) is 21.9. The number of oxazole rings is 1. The van der Waals surface area contributed by atoms with Gasteiger partial charge < -0.3 is 24.7 Å². The predicted octanol–water partition coefficient (Wildman–Crippen LogP) is 4.20. The number of aromatic nitrogens is 3. The highest BCUT2D eigenvalue weighted by molar-refractivity contribution is 5.92. The molecule has 3 heterocycles. The van der Waals surface area contributed by atoms with Crippen LogP contribution in [0.3, 0.4) is 0 Å². The lowest BCUT2D eigenvalue weighted by molar-refractivity contribution is -0.0503. The molecule has 2 aliphatic rings. The SMILES string of the molecule is COC[C@H](c1ccc2oc([C@@H](NC(=O)c3ccnn3C)C3CCC(F)(F)CC3)nc2c1)N1C[C@@H](C(F)F)NC1=O. The number of carbonyl (C=O) groups excluding carboxylic acids is 2. The molecule has 1 saturated carbocycles. The van der Waals surface area contributed by atoms with E-state index in [1.54, 1.807) is 31.3 Å². The van der Waals surface area contributed by atoms with Gasteiger partial charge in [0.15, 0.2) is 5.58 Å². The molecule has 10 nitrogen and oxygen atoms in total. The van der Waals surface area contributed by atoms with E-state index in [0.29, 0.717) is 16.7 Å². The minimum Gasteiger partial charge on any atom is -0.438 e. The quantitative estimate of drug-likeness (QED) is 0.375. The molecule has 3 atom stereocenters. The second-order valence-electron chi connectivity index (χ2n) is 10.3. The number of nitrogens with one attached hydrogen (secondary N) is 2. The van der Waals surface area contributed by atoms with E-state index in [1.165, 1.54) is 22.9 Å². The monoisotopic (exact) mass is 566 g/mol. The van der Waals surface area contributed by atoms with E-state index in [-0.39, 0.29) is 56.3 Å². The lowest BCUT2D eigenvalue weighted by atomic mass is 9.82. The Hall–Kier alpha value is -3.68. The molecule has 5 rings (SSSR count). The van der Waals surface area contributed by atoms with Crippen LogP contribution in [0.25, 0.3) is 11.1 Å². The van der Waals surface area contributed by atoms with E-state index in [9.17, 15) is 27.2 Å². The smallest absolute Gasteiger partial charge is 0.318 e. The van der Waals surface area contributed by atoms with Gasteiger partial charge in [-0.25, -0.2) is 27.3 Å². The molecule has 216 valence electrons. The summed E-state index contributed by atoms with van der Waals surface area (Å²) in [4.78, 5) is 31.4. The first-order chi connectivity index (χ1) is 19.1. The lowest BCUT2D eigenvalue weighted by Crippen LogP contribution is -2.38. The van der Waals surface area contributed by atoms with Gasteiger partial charge >= 0.3 is 6.03 Å². The number of ether oxygens (including phenoxy) is 1. The third-order valence-electron chi connectivity index (χ3n) is 7.62. The normalized spacial score (nSPS) is 21.1. The Morgan fingerprint density at radius 3 is 2.65 bits per heavy atom. The second-order valence-corrected chi connectivity index (χ2v) is 10.3. The molecule has 3 amide bonds. The molecular formula is C26H30F4N6O4. The van der Waals surface area contributed by atoms with Crippen LogP contribution in [0, 0.1) is 5.92 Å². The number of aryl methyl sites for hydroxylation is 1. The van der Waals surface area contributed by atoms with Gasteiger partial charge in [-0.3, -0.25) is 9.48 Å². The highest BCUT2D eigenvalue weighted by Gasteiger charge is 2.41. The zero-order chi connectivity index (χ0) is 28.6. The van der Waals surface area contributed by atoms with Crippen LogP contribution in [0.2, 0.25) is 0 Å². The summed E-state index contributed by atoms with van der Waals surface area (Å²) in [5.41, 5.74) is 1.66. The van der Waals surface area contributed by atoms with E-state index in [0.717, 1.165) is 0 Å². The van der Waals surface area contributed by atoms with Crippen molar-refractivity contribution < 1.29 is 36.3 Å². The molecule has 0 bridgehead atoms. The van der Waals surface area contributed by atoms with Crippen LogP contribution in [0.1, 0.15) is 59.7 Å². The van der Waals surface area contributed by atoms with Gasteiger partial charge in [-0.05, 0) is 42.5 Å². The largest absolute Gasteiger partial charge is 0.438 e. The molecule has 14 heteroatoms. The molecule has 1 aliphatic heterocycles. The fraction of sp³-hybridized carbons (Fsp3) is 0.538. The van der Waals surface area contributed by atoms with Crippen molar-refractivity contribution in [2.24, 2.45) is 13.0 Å². The number of nitrogens with zero attached hydrogens (tertiary/aromatic N) is 4. The van der Waals surface area contributed by atoms with Crippen molar-refractivity contribution in [3.05, 3.63) is 47.6 Å². The topological polar surface area (TPSA) is 115 Å². The molecule has 0 radical (unpaired) electrons. The van der Waals surface area contributed by atoms with Gasteiger partial charge in [0, 0.05) is 39.7 Å². The first-order valence-electron chi connectivity index (χ1n) is 13.0. The van der Waals surface area contributed by atoms with E-state index in [1.807, 2.05) is 0 Å². The van der Waals surface area contributed by atoms with Crippen LogP contribution >= 0.6 is 0 Å². The summed E-state index contributed by atoms with van der Waals surface area (Å²) in [6, 6.07) is 3.18. The number of fused-ring (bicyclic) bond motifs is 1. The number of hydrogen-bond acceptors (Lipinski definition) is 6. The average Bonchev–Trinajstić information content (AvgIpc) is 3.63. The third kappa shape index (κ3) is 5.62. The van der Waals surface area contributed by atoms with E-state index >= 15 is 0 Å². The van der Waals surface area contributed by atoms with Gasteiger partial charge in [-0.15, -0.1) is 0 Å². The van der Waals surface area contributed by atoms with Gasteiger partial charge in [0.2, 0.25) is 11.8 Å². The minimum atomic E-state index is -2.76. The Balaban J connectivity index is 1.45. The molecule has 1 aromatic carbocycles. The molecule has 1 saturated heterocycles. The van der Waals surface area contributed by atoms with Crippen molar-refractivity contribution in [2.45, 2.75) is 56.2 Å². The fourth-order valence-corrected chi connectivity index (χ4v) is 5.41. The van der Waals surface area contributed by atoms with E-state index in [2.05, 4.69) is 20.7 Å². The summed E-state index contributed by atoms with van der Waals surface area (Å²) in [7, 11) is 3.06. The number of urea groups is 1. The third-order valence-corrected chi connectivity index (χ3v) is 7.62. The van der Waals surface area contributed by atoms with E-state index in [4.69, 9.17) is 9.15 Å². The number of alkyl halides is 4. The van der Waals surface area contributed by atoms with Crippen molar-refractivity contribution in [3.8, 4) is 0 Å². The molecule has 3 aromatic rings. The highest BCUT2D eigenvalue weighted by Crippen LogP contribution is 2.42. The van der Waals surface area contributed by atoms with Crippen molar-refractivity contribution in [3.63, 3.8) is 0 Å². The molecule has 2 aromatic heterocycles. The van der Waals surface area contributed by atoms with Crippen LogP contribution in [0.15, 0.2) is 34.9 Å². The maximum absolute atomic E-state index is 13.9. The number of rotatable bonds is 9. The Morgan fingerprint density at radius 2 is 2.02 bits per heavy atom. The van der Waals surface area contributed by atoms with Crippen molar-refractivity contribution in [2.75, 3.05) is 20.3 Å². The number of hydrogen-bond donors (Lipinski definition) is 2. The summed E-state index contributed by atoms with van der Waals surface area (Å²) in [5.74, 6) is -3.38. The Kier molecular flexibility index (Phi) is 7.71. The summed E-state index contributed by atoms with van der Waals surface area (Å²) in [6.45, 7) is -0.139. The molecule has 2 N–H and O–H groups in total. The molecule has 2 fully saturated rings. The number of carbonyl (C=O) groups is 2. The first-order valence-corrected chi connectivity index (χ1v) is 13.0. The summed E-state index contributed by atoms with van der Waals surface area (Å²) in [5, 5.41) is 9.21. The second kappa shape index (κ2) is 11.1. The van der Waals surface area contributed by atoms with Crippen LogP contribution in [0.5, 0.6) is 0 Å². The van der Waals surface area contributed by atoms with Crippen LogP contribution < -0.4 is 10.6 Å². The Bertz CT molecular complexity index is 1370. The van der Waals surface area contributed by atoms with Gasteiger partial charge in [-0.2, -0.15) is 5.10 Å². The van der Waals surface area contributed by atoms with Crippen LogP contribution in [0.4, 0.5) is 22.4 Å². The number of amides is 3. The maximum atomic E-state index is 13.9. The van der Waals surface area contributed by atoms with Gasteiger partial charge in [0.25, 0.3) is 12.3 Å². The molecular weight excluding hydrogens is 536 g/mol. The highest BCUT2D eigenvalue weighted by atomic mass is 19.3. The number of methoxy groups -OCH3 is 1. The summed E-state index contributed by atoms with van der Waals surface area (Å²) >= 11 is 0. The Labute approximate surface area is 227 Å². The maximum Gasteiger partial charge on any atom is 0.318 e. The van der Waals surface area contributed by atoms with Gasteiger partial charge in [-0.1, -0.05) is 6.07 Å². The standard InChI is InChI=1S/C26H30F4N6O4/c1-35-18(7-10-31-35)23(37)34-21(14-5-8-26(29,30)9-6-14)24-32-16-11-15(3-4-20(16)40-24)19(13-39-2)36-12-17(22(27)28)33-25(36)38/h3-4,7,10-11,14,17,19,21-22H,5-6,8-9,12-13H2,1-2H3,(H,33,38)(H,34,37)/t17-,19+,21-/m0/s1. The summed E-state index contributed by atoms with van der Waals surface area (Å²) in [6.07, 6.45) is -1.52. The van der Waals surface area contributed by atoms with Crippen molar-refractivity contribution >= 4 is 23.0 Å². The van der Waals surface area contributed by atoms with Gasteiger partial charge in [0.1, 0.15) is 23.3 Å². The molecule has 0 unspecified atom stereocenters. The average molecular weight is 567 g/mol. The van der Waals surface area contributed by atoms with Gasteiger partial charge in [0.05, 0.1) is 12.6 Å². The number of benzene rings is 1. The van der Waals surface area contributed by atoms with E-state index < -0.39 is 42.4 Å². The number of halogens is 4. The molecule has 0 spiro atoms. The lowest BCUT2D eigenvalue weighted by Gasteiger charge is -2.32. The van der Waals surface area contributed by atoms with Crippen LogP contribution in [-0.4, -0.2) is 70.3 Å². The minimum absolute atomic E-state index is 0.0548. The summed E-state index contributed by atoms with van der Waals surface area (Å²) < 4.78 is 67.1. The van der Waals surface area contributed by atoms with Crippen molar-refractivity contribution in [1.29, 1.82) is 0 Å². The Morgan fingerprint density at radius 1 is 1.27 bits per heavy atom. The fourth-order valence-electron chi connectivity index (χ4n) is 5.41. The first kappa shape index (κ1) is 27.9. The van der Waals surface area contributed by atoms with Crippen LogP contribution in [-0.2, 0) is 11.8 Å².